The van der Waals surface area contributed by atoms with Crippen molar-refractivity contribution in [1.29, 1.82) is 0 Å². The maximum absolute atomic E-state index is 9.16. The molecule has 4 heteroatoms. The van der Waals surface area contributed by atoms with E-state index in [1.807, 2.05) is 22.8 Å². The van der Waals surface area contributed by atoms with Gasteiger partial charge in [-0.05, 0) is 49.8 Å². The minimum atomic E-state index is 0.328. The molecule has 2 aromatic heterocycles. The Balaban J connectivity index is 1.82. The fourth-order valence-corrected chi connectivity index (χ4v) is 2.87. The van der Waals surface area contributed by atoms with E-state index in [0.29, 0.717) is 18.4 Å². The summed E-state index contributed by atoms with van der Waals surface area (Å²) in [5, 5.41) is 13.8. The van der Waals surface area contributed by atoms with Crippen LogP contribution in [0.3, 0.4) is 0 Å². The van der Waals surface area contributed by atoms with Crippen LogP contribution in [0.25, 0.3) is 5.52 Å². The van der Waals surface area contributed by atoms with Crippen molar-refractivity contribution in [2.24, 2.45) is 5.92 Å². The van der Waals surface area contributed by atoms with E-state index >= 15 is 0 Å². The van der Waals surface area contributed by atoms with Crippen molar-refractivity contribution in [2.75, 3.05) is 12.3 Å². The predicted octanol–water partition coefficient (Wildman–Crippen LogP) is 2.18. The fourth-order valence-electron chi connectivity index (χ4n) is 2.87. The molecule has 3 rings (SSSR count). The lowest BCUT2D eigenvalue weighted by atomic mass is 9.81. The average Bonchev–Trinajstić information content (AvgIpc) is 2.81. The van der Waals surface area contributed by atoms with Gasteiger partial charge in [0.25, 0.3) is 0 Å². The van der Waals surface area contributed by atoms with Crippen LogP contribution in [0.15, 0.2) is 24.4 Å². The van der Waals surface area contributed by atoms with Crippen molar-refractivity contribution >= 4 is 11.2 Å². The first-order chi connectivity index (χ1) is 8.76. The summed E-state index contributed by atoms with van der Waals surface area (Å²) in [6.45, 7) is 0.328. The molecule has 2 heterocycles. The molecule has 2 aromatic rings. The first kappa shape index (κ1) is 11.5. The maximum Gasteiger partial charge on any atom is 0.0685 e. The predicted molar refractivity (Wildman–Crippen MR) is 71.4 cm³/mol. The second kappa shape index (κ2) is 4.61. The van der Waals surface area contributed by atoms with Gasteiger partial charge in [-0.1, -0.05) is 0 Å². The standard InChI is InChI=1S/C14H19N3O/c15-12-5-6-17-13(7-12)8-14(16-17)11-3-1-10(9-18)2-4-11/h5-8,10-11,18H,1-4,9,15H2. The van der Waals surface area contributed by atoms with Crippen LogP contribution in [-0.4, -0.2) is 21.3 Å². The summed E-state index contributed by atoms with van der Waals surface area (Å²) in [4.78, 5) is 0. The Hall–Kier alpha value is -1.55. The van der Waals surface area contributed by atoms with Crippen LogP contribution < -0.4 is 5.73 Å². The normalized spacial score (nSPS) is 24.5. The van der Waals surface area contributed by atoms with Gasteiger partial charge in [0.05, 0.1) is 11.2 Å². The molecule has 0 aliphatic heterocycles. The average molecular weight is 245 g/mol. The van der Waals surface area contributed by atoms with Crippen LogP contribution in [0.1, 0.15) is 37.3 Å². The lowest BCUT2D eigenvalue weighted by Gasteiger charge is -2.25. The number of nitrogens with two attached hydrogens (primary N) is 1. The molecule has 1 fully saturated rings. The van der Waals surface area contributed by atoms with E-state index in [1.54, 1.807) is 0 Å². The molecule has 0 saturated heterocycles. The molecule has 18 heavy (non-hydrogen) atoms. The summed E-state index contributed by atoms with van der Waals surface area (Å²) < 4.78 is 1.89. The molecule has 1 aliphatic carbocycles. The smallest absolute Gasteiger partial charge is 0.0685 e. The monoisotopic (exact) mass is 245 g/mol. The van der Waals surface area contributed by atoms with Crippen molar-refractivity contribution in [3.05, 3.63) is 30.1 Å². The number of aliphatic hydroxyl groups excluding tert-OH is 1. The third-order valence-corrected chi connectivity index (χ3v) is 4.03. The molecule has 0 aromatic carbocycles. The van der Waals surface area contributed by atoms with Gasteiger partial charge in [0.1, 0.15) is 0 Å². The molecule has 96 valence electrons. The Labute approximate surface area is 106 Å². The number of hydrogen-bond acceptors (Lipinski definition) is 3. The molecule has 1 saturated carbocycles. The highest BCUT2D eigenvalue weighted by molar-refractivity contribution is 5.56. The fraction of sp³-hybridized carbons (Fsp3) is 0.500. The molecule has 0 radical (unpaired) electrons. The Kier molecular flexibility index (Phi) is 2.96. The zero-order valence-electron chi connectivity index (χ0n) is 10.4. The number of nitrogens with zero attached hydrogens (tertiary/aromatic N) is 2. The Morgan fingerprint density at radius 3 is 2.78 bits per heavy atom. The van der Waals surface area contributed by atoms with E-state index in [1.165, 1.54) is 0 Å². The molecule has 0 unspecified atom stereocenters. The summed E-state index contributed by atoms with van der Waals surface area (Å²) in [5.74, 6) is 1.03. The third kappa shape index (κ3) is 2.08. The van der Waals surface area contributed by atoms with E-state index in [0.717, 1.165) is 42.6 Å². The van der Waals surface area contributed by atoms with Crippen LogP contribution in [0.5, 0.6) is 0 Å². The Bertz CT molecular complexity index is 541. The van der Waals surface area contributed by atoms with Gasteiger partial charge in [0, 0.05) is 24.4 Å². The lowest BCUT2D eigenvalue weighted by Crippen LogP contribution is -2.16. The number of pyridine rings is 1. The number of hydrogen-bond donors (Lipinski definition) is 2. The van der Waals surface area contributed by atoms with Crippen LogP contribution >= 0.6 is 0 Å². The molecular formula is C14H19N3O. The number of anilines is 1. The minimum absolute atomic E-state index is 0.328. The van der Waals surface area contributed by atoms with Crippen LogP contribution in [0.4, 0.5) is 5.69 Å². The van der Waals surface area contributed by atoms with Gasteiger partial charge >= 0.3 is 0 Å². The van der Waals surface area contributed by atoms with Crippen molar-refractivity contribution in [2.45, 2.75) is 31.6 Å². The number of nitrogen functional groups attached to an aromatic ring is 1. The first-order valence-electron chi connectivity index (χ1n) is 6.62. The SMILES string of the molecule is Nc1ccn2nc(C3CCC(CO)CC3)cc2c1. The van der Waals surface area contributed by atoms with Gasteiger partial charge in [0.15, 0.2) is 0 Å². The van der Waals surface area contributed by atoms with Gasteiger partial charge in [-0.2, -0.15) is 5.10 Å². The van der Waals surface area contributed by atoms with Gasteiger partial charge in [-0.25, -0.2) is 4.52 Å². The van der Waals surface area contributed by atoms with Crippen molar-refractivity contribution in [3.63, 3.8) is 0 Å². The zero-order valence-corrected chi connectivity index (χ0v) is 10.4. The summed E-state index contributed by atoms with van der Waals surface area (Å²) in [6, 6.07) is 5.96. The molecule has 0 bridgehead atoms. The molecule has 3 N–H and O–H groups in total. The second-order valence-corrected chi connectivity index (χ2v) is 5.30. The van der Waals surface area contributed by atoms with Crippen molar-refractivity contribution in [3.8, 4) is 0 Å². The maximum atomic E-state index is 9.16. The summed E-state index contributed by atoms with van der Waals surface area (Å²) in [6.07, 6.45) is 6.39. The second-order valence-electron chi connectivity index (χ2n) is 5.30. The van der Waals surface area contributed by atoms with E-state index in [2.05, 4.69) is 11.2 Å². The third-order valence-electron chi connectivity index (χ3n) is 4.03. The summed E-state index contributed by atoms with van der Waals surface area (Å²) in [5.41, 5.74) is 8.78. The van der Waals surface area contributed by atoms with Crippen LogP contribution in [0.2, 0.25) is 0 Å². The van der Waals surface area contributed by atoms with E-state index in [9.17, 15) is 0 Å². The van der Waals surface area contributed by atoms with Gasteiger partial charge in [-0.3, -0.25) is 0 Å². The number of rotatable bonds is 2. The quantitative estimate of drug-likeness (QED) is 0.852. The summed E-state index contributed by atoms with van der Waals surface area (Å²) >= 11 is 0. The highest BCUT2D eigenvalue weighted by Crippen LogP contribution is 2.35. The molecule has 1 aliphatic rings. The molecule has 0 spiro atoms. The summed E-state index contributed by atoms with van der Waals surface area (Å²) in [7, 11) is 0. The molecular weight excluding hydrogens is 226 g/mol. The van der Waals surface area contributed by atoms with Crippen molar-refractivity contribution in [1.82, 2.24) is 9.61 Å². The molecule has 0 amide bonds. The van der Waals surface area contributed by atoms with Crippen molar-refractivity contribution < 1.29 is 5.11 Å². The van der Waals surface area contributed by atoms with Gasteiger partial charge in [-0.15, -0.1) is 0 Å². The van der Waals surface area contributed by atoms with E-state index in [4.69, 9.17) is 10.8 Å². The molecule has 4 nitrogen and oxygen atoms in total. The topological polar surface area (TPSA) is 63.5 Å². The van der Waals surface area contributed by atoms with E-state index < -0.39 is 0 Å². The number of fused-ring (bicyclic) bond motifs is 1. The van der Waals surface area contributed by atoms with E-state index in [-0.39, 0.29) is 0 Å². The number of aromatic nitrogens is 2. The minimum Gasteiger partial charge on any atom is -0.399 e. The first-order valence-corrected chi connectivity index (χ1v) is 6.62. The Morgan fingerprint density at radius 2 is 2.06 bits per heavy atom. The number of aliphatic hydroxyl groups is 1. The lowest BCUT2D eigenvalue weighted by molar-refractivity contribution is 0.181. The van der Waals surface area contributed by atoms with Crippen LogP contribution in [0, 0.1) is 5.92 Å². The largest absolute Gasteiger partial charge is 0.399 e. The highest BCUT2D eigenvalue weighted by Gasteiger charge is 2.23. The van der Waals surface area contributed by atoms with Crippen LogP contribution in [-0.2, 0) is 0 Å². The van der Waals surface area contributed by atoms with Gasteiger partial charge in [0.2, 0.25) is 0 Å². The highest BCUT2D eigenvalue weighted by atomic mass is 16.3. The zero-order chi connectivity index (χ0) is 12.5. The molecule has 0 atom stereocenters. The van der Waals surface area contributed by atoms with Gasteiger partial charge < -0.3 is 10.8 Å². The Morgan fingerprint density at radius 1 is 1.28 bits per heavy atom.